The second-order valence-electron chi connectivity index (χ2n) is 10.9. The molecule has 2 amide bonds. The summed E-state index contributed by atoms with van der Waals surface area (Å²) in [5.41, 5.74) is -0.998. The van der Waals surface area contributed by atoms with Gasteiger partial charge in [0.25, 0.3) is 0 Å². The second kappa shape index (κ2) is 9.40. The van der Waals surface area contributed by atoms with E-state index in [1.807, 2.05) is 27.7 Å². The van der Waals surface area contributed by atoms with Gasteiger partial charge < -0.3 is 15.7 Å². The van der Waals surface area contributed by atoms with Crippen molar-refractivity contribution >= 4 is 11.8 Å². The van der Waals surface area contributed by atoms with Crippen molar-refractivity contribution in [2.45, 2.75) is 101 Å². The molecular formula is C22H44N2O3. The Morgan fingerprint density at radius 3 is 1.78 bits per heavy atom. The van der Waals surface area contributed by atoms with Gasteiger partial charge in [0.15, 0.2) is 0 Å². The summed E-state index contributed by atoms with van der Waals surface area (Å²) in [7, 11) is 0. The molecule has 0 heterocycles. The Bertz CT molecular complexity index is 506. The molecule has 0 fully saturated rings. The highest BCUT2D eigenvalue weighted by molar-refractivity contribution is 5.83. The summed E-state index contributed by atoms with van der Waals surface area (Å²) in [6.07, 6.45) is 2.08. The highest BCUT2D eigenvalue weighted by Gasteiger charge is 2.37. The van der Waals surface area contributed by atoms with Gasteiger partial charge in [0.1, 0.15) is 6.23 Å². The van der Waals surface area contributed by atoms with Gasteiger partial charge >= 0.3 is 0 Å². The molecule has 0 bridgehead atoms. The van der Waals surface area contributed by atoms with Gasteiger partial charge in [-0.3, -0.25) is 9.59 Å². The minimum atomic E-state index is -1.10. The lowest BCUT2D eigenvalue weighted by Crippen LogP contribution is -2.51. The molecule has 2 atom stereocenters. The topological polar surface area (TPSA) is 78.4 Å². The maximum atomic E-state index is 12.7. The monoisotopic (exact) mass is 384 g/mol. The molecule has 0 rings (SSSR count). The number of hydrogen-bond acceptors (Lipinski definition) is 3. The molecular weight excluding hydrogens is 340 g/mol. The molecule has 0 saturated carbocycles. The lowest BCUT2D eigenvalue weighted by Gasteiger charge is -2.35. The van der Waals surface area contributed by atoms with Crippen LogP contribution in [0.1, 0.15) is 94.9 Å². The smallest absolute Gasteiger partial charge is 0.227 e. The Balaban J connectivity index is 4.76. The fraction of sp³-hybridized carbons (Fsp3) is 0.909. The molecule has 0 radical (unpaired) electrons. The molecule has 0 aliphatic rings. The largest absolute Gasteiger partial charge is 0.372 e. The van der Waals surface area contributed by atoms with Crippen molar-refractivity contribution in [2.24, 2.45) is 21.7 Å². The minimum absolute atomic E-state index is 0.0115. The van der Waals surface area contributed by atoms with Gasteiger partial charge in [0, 0.05) is 10.8 Å². The first-order valence-corrected chi connectivity index (χ1v) is 10.3. The Kier molecular flexibility index (Phi) is 9.02. The predicted octanol–water partition coefficient (Wildman–Crippen LogP) is 4.24. The molecule has 0 saturated heterocycles. The highest BCUT2D eigenvalue weighted by atomic mass is 16.3. The zero-order chi connectivity index (χ0) is 21.7. The van der Waals surface area contributed by atoms with Crippen molar-refractivity contribution in [1.82, 2.24) is 10.6 Å². The molecule has 0 aromatic heterocycles. The molecule has 2 unspecified atom stereocenters. The number of aliphatic hydroxyl groups is 1. The minimum Gasteiger partial charge on any atom is -0.372 e. The van der Waals surface area contributed by atoms with Crippen LogP contribution in [0.5, 0.6) is 0 Å². The summed E-state index contributed by atoms with van der Waals surface area (Å²) in [6.45, 7) is 20.5. The van der Waals surface area contributed by atoms with Crippen LogP contribution in [0.25, 0.3) is 0 Å². The first-order valence-electron chi connectivity index (χ1n) is 10.3. The summed E-state index contributed by atoms with van der Waals surface area (Å²) in [5, 5.41) is 15.7. The van der Waals surface area contributed by atoms with Crippen molar-refractivity contribution < 1.29 is 14.7 Å². The fourth-order valence-electron chi connectivity index (χ4n) is 3.74. The van der Waals surface area contributed by atoms with Crippen molar-refractivity contribution in [3.8, 4) is 0 Å². The number of carbonyl (C=O) groups excluding carboxylic acids is 2. The molecule has 0 aliphatic heterocycles. The van der Waals surface area contributed by atoms with E-state index >= 15 is 0 Å². The van der Waals surface area contributed by atoms with E-state index in [1.165, 1.54) is 0 Å². The number of hydrogen-bond donors (Lipinski definition) is 3. The third kappa shape index (κ3) is 9.09. The van der Waals surface area contributed by atoms with E-state index in [0.29, 0.717) is 0 Å². The maximum Gasteiger partial charge on any atom is 0.227 e. The average Bonchev–Trinajstić information content (AvgIpc) is 2.49. The number of rotatable bonds is 10. The van der Waals surface area contributed by atoms with Gasteiger partial charge in [-0.05, 0) is 30.1 Å². The van der Waals surface area contributed by atoms with E-state index in [1.54, 1.807) is 0 Å². The van der Waals surface area contributed by atoms with Crippen LogP contribution in [0.15, 0.2) is 0 Å². The molecule has 27 heavy (non-hydrogen) atoms. The summed E-state index contributed by atoms with van der Waals surface area (Å²) in [5.74, 6) is -0.279. The van der Waals surface area contributed by atoms with Gasteiger partial charge in [0.05, 0.1) is 6.54 Å². The number of aliphatic hydroxyl groups excluding tert-OH is 1. The zero-order valence-corrected chi connectivity index (χ0v) is 19.4. The summed E-state index contributed by atoms with van der Waals surface area (Å²) < 4.78 is 0. The molecule has 5 nitrogen and oxygen atoms in total. The fourth-order valence-corrected chi connectivity index (χ4v) is 3.74. The Labute approximate surface area is 167 Å². The summed E-state index contributed by atoms with van der Waals surface area (Å²) in [4.78, 5) is 25.2. The second-order valence-corrected chi connectivity index (χ2v) is 10.9. The van der Waals surface area contributed by atoms with Crippen molar-refractivity contribution in [3.63, 3.8) is 0 Å². The van der Waals surface area contributed by atoms with Gasteiger partial charge in [-0.25, -0.2) is 0 Å². The van der Waals surface area contributed by atoms with Crippen LogP contribution in [0.3, 0.4) is 0 Å². The van der Waals surface area contributed by atoms with Crippen molar-refractivity contribution in [3.05, 3.63) is 0 Å². The molecule has 3 N–H and O–H groups in total. The van der Waals surface area contributed by atoms with E-state index < -0.39 is 17.1 Å². The Morgan fingerprint density at radius 2 is 1.37 bits per heavy atom. The highest BCUT2D eigenvalue weighted by Crippen LogP contribution is 2.37. The van der Waals surface area contributed by atoms with E-state index in [2.05, 4.69) is 52.2 Å². The van der Waals surface area contributed by atoms with E-state index in [-0.39, 0.29) is 29.2 Å². The Hall–Kier alpha value is -1.10. The third-order valence-electron chi connectivity index (χ3n) is 5.49. The van der Waals surface area contributed by atoms with Crippen LogP contribution in [0.4, 0.5) is 0 Å². The van der Waals surface area contributed by atoms with Crippen LogP contribution >= 0.6 is 0 Å². The first-order chi connectivity index (χ1) is 12.0. The van der Waals surface area contributed by atoms with E-state index in [0.717, 1.165) is 25.7 Å². The van der Waals surface area contributed by atoms with Crippen LogP contribution in [-0.4, -0.2) is 29.7 Å². The quantitative estimate of drug-likeness (QED) is 0.493. The van der Waals surface area contributed by atoms with Crippen LogP contribution in [0, 0.1) is 21.7 Å². The number of nitrogens with one attached hydrogen (secondary N) is 2. The average molecular weight is 385 g/mol. The summed E-state index contributed by atoms with van der Waals surface area (Å²) >= 11 is 0. The normalized spacial score (nSPS) is 16.4. The standard InChI is InChI=1S/C22H44N2O3/c1-11-20(6,7)15-21(8,9)17(26)24-16(25)13-23-18(27)22(10,12-2)14-19(3,4)5/h16,25H,11-15H2,1-10H3,(H,23,27)(H,24,26). The maximum absolute atomic E-state index is 12.7. The lowest BCUT2D eigenvalue weighted by molar-refractivity contribution is -0.136. The number of amides is 2. The van der Waals surface area contributed by atoms with Gasteiger partial charge in [-0.1, -0.05) is 75.7 Å². The van der Waals surface area contributed by atoms with Gasteiger partial charge in [-0.15, -0.1) is 0 Å². The lowest BCUT2D eigenvalue weighted by atomic mass is 9.73. The first kappa shape index (κ1) is 25.9. The Morgan fingerprint density at radius 1 is 0.852 bits per heavy atom. The van der Waals surface area contributed by atoms with Crippen LogP contribution < -0.4 is 10.6 Å². The van der Waals surface area contributed by atoms with E-state index in [9.17, 15) is 14.7 Å². The number of carbonyl (C=O) groups is 2. The molecule has 0 aromatic carbocycles. The van der Waals surface area contributed by atoms with E-state index in [4.69, 9.17) is 0 Å². The van der Waals surface area contributed by atoms with Crippen LogP contribution in [-0.2, 0) is 9.59 Å². The molecule has 0 aromatic rings. The molecule has 160 valence electrons. The summed E-state index contributed by atoms with van der Waals surface area (Å²) in [6, 6.07) is 0. The van der Waals surface area contributed by atoms with Gasteiger partial charge in [-0.2, -0.15) is 0 Å². The molecule has 5 heteroatoms. The third-order valence-corrected chi connectivity index (χ3v) is 5.49. The van der Waals surface area contributed by atoms with Crippen molar-refractivity contribution in [1.29, 1.82) is 0 Å². The molecule has 0 spiro atoms. The molecule has 0 aliphatic carbocycles. The SMILES string of the molecule is CCC(C)(C)CC(C)(C)C(=O)NC(O)CNC(=O)C(C)(CC)CC(C)(C)C. The van der Waals surface area contributed by atoms with Crippen molar-refractivity contribution in [2.75, 3.05) is 6.54 Å². The predicted molar refractivity (Wildman–Crippen MR) is 112 cm³/mol. The van der Waals surface area contributed by atoms with Gasteiger partial charge in [0.2, 0.25) is 11.8 Å². The zero-order valence-electron chi connectivity index (χ0n) is 19.4. The van der Waals surface area contributed by atoms with Crippen LogP contribution in [0.2, 0.25) is 0 Å².